The Labute approximate surface area is 234 Å². The van der Waals surface area contributed by atoms with Gasteiger partial charge in [0, 0.05) is 46.1 Å². The second kappa shape index (κ2) is 10.4. The van der Waals surface area contributed by atoms with Crippen LogP contribution in [0.1, 0.15) is 106 Å². The standard InChI is InChI=1S/C33H49NO5/c1-19(18-34(21(3)35)22(4)36)8-11-29-20(2)31-30(39-29)17-28-26-10-9-24-16-25(38-23(5)37)12-14-32(24,6)27(26)13-15-33(28,31)7/h9,19,25-28,30-31H,8,10-18H2,1-7H3/t19-,25+,26+,27-,28+,30+,31-,32+,33+/m1/s1. The molecule has 1 aliphatic heterocycles. The van der Waals surface area contributed by atoms with Crippen LogP contribution in [0.4, 0.5) is 0 Å². The number of fused-ring (bicyclic) bond motifs is 7. The smallest absolute Gasteiger partial charge is 0.302 e. The first-order valence-corrected chi connectivity index (χ1v) is 15.4. The number of carbonyl (C=O) groups excluding carboxylic acids is 3. The quantitative estimate of drug-likeness (QED) is 0.281. The second-order valence-electron chi connectivity index (χ2n) is 14.0. The Balaban J connectivity index is 1.27. The third-order valence-electron chi connectivity index (χ3n) is 11.7. The zero-order chi connectivity index (χ0) is 28.3. The van der Waals surface area contributed by atoms with Crippen molar-refractivity contribution in [3.8, 4) is 0 Å². The van der Waals surface area contributed by atoms with Gasteiger partial charge in [0.25, 0.3) is 0 Å². The van der Waals surface area contributed by atoms with Crippen molar-refractivity contribution in [2.75, 3.05) is 6.54 Å². The topological polar surface area (TPSA) is 72.9 Å². The summed E-state index contributed by atoms with van der Waals surface area (Å²) in [5, 5.41) is 0. The number of allylic oxidation sites excluding steroid dienone is 2. The second-order valence-corrected chi connectivity index (χ2v) is 14.0. The van der Waals surface area contributed by atoms with Gasteiger partial charge in [-0.25, -0.2) is 0 Å². The number of amides is 2. The minimum Gasteiger partial charge on any atom is -0.494 e. The van der Waals surface area contributed by atoms with Gasteiger partial charge in [-0.2, -0.15) is 0 Å². The molecule has 0 saturated heterocycles. The van der Waals surface area contributed by atoms with E-state index in [0.717, 1.165) is 50.7 Å². The van der Waals surface area contributed by atoms with E-state index in [2.05, 4.69) is 33.8 Å². The molecule has 0 spiro atoms. The molecule has 0 N–H and O–H groups in total. The maximum absolute atomic E-state index is 11.8. The van der Waals surface area contributed by atoms with Crippen molar-refractivity contribution in [3.63, 3.8) is 0 Å². The number of esters is 1. The van der Waals surface area contributed by atoms with Gasteiger partial charge in [0.05, 0.1) is 5.76 Å². The Kier molecular flexibility index (Phi) is 7.56. The molecular weight excluding hydrogens is 490 g/mol. The predicted octanol–water partition coefficient (Wildman–Crippen LogP) is 6.59. The Morgan fingerprint density at radius 1 is 1.10 bits per heavy atom. The van der Waals surface area contributed by atoms with E-state index in [4.69, 9.17) is 9.47 Å². The lowest BCUT2D eigenvalue weighted by Crippen LogP contribution is -2.50. The Morgan fingerprint density at radius 2 is 1.82 bits per heavy atom. The highest BCUT2D eigenvalue weighted by Crippen LogP contribution is 2.69. The minimum absolute atomic E-state index is 0.0494. The van der Waals surface area contributed by atoms with Crippen LogP contribution in [-0.2, 0) is 23.9 Å². The summed E-state index contributed by atoms with van der Waals surface area (Å²) in [6, 6.07) is 0. The molecule has 0 aromatic rings. The Morgan fingerprint density at radius 3 is 2.49 bits per heavy atom. The highest BCUT2D eigenvalue weighted by Gasteiger charge is 2.63. The lowest BCUT2D eigenvalue weighted by molar-refractivity contribution is -0.149. The fourth-order valence-electron chi connectivity index (χ4n) is 9.81. The molecular formula is C33H49NO5. The van der Waals surface area contributed by atoms with Crippen LogP contribution in [0.25, 0.3) is 0 Å². The van der Waals surface area contributed by atoms with Crippen molar-refractivity contribution in [2.24, 2.45) is 40.4 Å². The zero-order valence-electron chi connectivity index (χ0n) is 25.2. The molecule has 0 radical (unpaired) electrons. The number of imide groups is 1. The normalized spacial score (nSPS) is 39.4. The van der Waals surface area contributed by atoms with Gasteiger partial charge in [-0.3, -0.25) is 19.3 Å². The summed E-state index contributed by atoms with van der Waals surface area (Å²) in [7, 11) is 0. The highest BCUT2D eigenvalue weighted by atomic mass is 16.5. The number of nitrogens with zero attached hydrogens (tertiary/aromatic N) is 1. The molecule has 0 aromatic heterocycles. The highest BCUT2D eigenvalue weighted by molar-refractivity contribution is 5.92. The molecule has 4 aliphatic carbocycles. The van der Waals surface area contributed by atoms with E-state index >= 15 is 0 Å². The zero-order valence-corrected chi connectivity index (χ0v) is 25.2. The van der Waals surface area contributed by atoms with Crippen LogP contribution >= 0.6 is 0 Å². The first kappa shape index (κ1) is 28.4. The van der Waals surface area contributed by atoms with E-state index < -0.39 is 0 Å². The first-order chi connectivity index (χ1) is 18.3. The summed E-state index contributed by atoms with van der Waals surface area (Å²) in [5.74, 6) is 3.48. The van der Waals surface area contributed by atoms with Gasteiger partial charge in [0.15, 0.2) is 0 Å². The molecule has 216 valence electrons. The first-order valence-electron chi connectivity index (χ1n) is 15.4. The van der Waals surface area contributed by atoms with Crippen molar-refractivity contribution in [1.29, 1.82) is 0 Å². The molecule has 9 atom stereocenters. The molecule has 5 rings (SSSR count). The molecule has 2 amide bonds. The third kappa shape index (κ3) is 4.88. The van der Waals surface area contributed by atoms with Crippen molar-refractivity contribution in [2.45, 2.75) is 118 Å². The van der Waals surface area contributed by atoms with Crippen LogP contribution < -0.4 is 0 Å². The predicted molar refractivity (Wildman–Crippen MR) is 150 cm³/mol. The molecule has 3 saturated carbocycles. The van der Waals surface area contributed by atoms with Crippen LogP contribution in [0.5, 0.6) is 0 Å². The van der Waals surface area contributed by atoms with Gasteiger partial charge < -0.3 is 9.47 Å². The average molecular weight is 540 g/mol. The van der Waals surface area contributed by atoms with E-state index in [1.807, 2.05) is 0 Å². The lowest BCUT2D eigenvalue weighted by Gasteiger charge is -2.58. The van der Waals surface area contributed by atoms with Gasteiger partial charge in [-0.05, 0) is 91.9 Å². The molecule has 0 unspecified atom stereocenters. The van der Waals surface area contributed by atoms with E-state index in [0.29, 0.717) is 30.2 Å². The van der Waals surface area contributed by atoms with Gasteiger partial charge in [0.1, 0.15) is 12.2 Å². The summed E-state index contributed by atoms with van der Waals surface area (Å²) in [5.41, 5.74) is 3.50. The van der Waals surface area contributed by atoms with Gasteiger partial charge >= 0.3 is 5.97 Å². The maximum Gasteiger partial charge on any atom is 0.302 e. The monoisotopic (exact) mass is 539 g/mol. The SMILES string of the molecule is CC(=O)O[C@H]1CC[C@@]2(C)C(=CC[C@H]3[C@H]2CC[C@]2(C)[C@@H]4C(C)=C(CC[C@@H](C)CN(C(C)=O)C(C)=O)O[C@H]4C[C@@H]32)C1. The van der Waals surface area contributed by atoms with Crippen molar-refractivity contribution < 1.29 is 23.9 Å². The Hall–Kier alpha value is -2.11. The van der Waals surface area contributed by atoms with Crippen LogP contribution in [-0.4, -0.2) is 41.4 Å². The molecule has 39 heavy (non-hydrogen) atoms. The molecule has 6 heteroatoms. The van der Waals surface area contributed by atoms with Gasteiger partial charge in [0.2, 0.25) is 11.8 Å². The van der Waals surface area contributed by atoms with Crippen LogP contribution in [0.15, 0.2) is 23.0 Å². The van der Waals surface area contributed by atoms with Gasteiger partial charge in [-0.15, -0.1) is 0 Å². The van der Waals surface area contributed by atoms with E-state index in [9.17, 15) is 14.4 Å². The maximum atomic E-state index is 11.8. The summed E-state index contributed by atoms with van der Waals surface area (Å²) in [6.45, 7) is 14.4. The fourth-order valence-corrected chi connectivity index (χ4v) is 9.81. The number of rotatable bonds is 6. The summed E-state index contributed by atoms with van der Waals surface area (Å²) < 4.78 is 12.4. The van der Waals surface area contributed by atoms with E-state index in [1.165, 1.54) is 44.1 Å². The largest absolute Gasteiger partial charge is 0.494 e. The summed E-state index contributed by atoms with van der Waals surface area (Å²) >= 11 is 0. The van der Waals surface area contributed by atoms with Crippen molar-refractivity contribution in [3.05, 3.63) is 23.0 Å². The number of hydrogen-bond acceptors (Lipinski definition) is 5. The van der Waals surface area contributed by atoms with Gasteiger partial charge in [-0.1, -0.05) is 32.4 Å². The lowest BCUT2D eigenvalue weighted by atomic mass is 9.47. The molecule has 5 aliphatic rings. The summed E-state index contributed by atoms with van der Waals surface area (Å²) in [6.07, 6.45) is 12.5. The van der Waals surface area contributed by atoms with E-state index in [1.54, 1.807) is 5.57 Å². The number of ether oxygens (including phenoxy) is 2. The molecule has 3 fully saturated rings. The Bertz CT molecular complexity index is 1080. The van der Waals surface area contributed by atoms with E-state index in [-0.39, 0.29) is 46.7 Å². The van der Waals surface area contributed by atoms with Crippen LogP contribution in [0.2, 0.25) is 0 Å². The summed E-state index contributed by atoms with van der Waals surface area (Å²) in [4.78, 5) is 36.6. The molecule has 6 nitrogen and oxygen atoms in total. The third-order valence-corrected chi connectivity index (χ3v) is 11.7. The average Bonchev–Trinajstić information content (AvgIpc) is 3.33. The van der Waals surface area contributed by atoms with Crippen molar-refractivity contribution in [1.82, 2.24) is 4.90 Å². The molecule has 0 aromatic carbocycles. The minimum atomic E-state index is -0.179. The molecule has 1 heterocycles. The van der Waals surface area contributed by atoms with Crippen molar-refractivity contribution >= 4 is 17.8 Å². The number of hydrogen-bond donors (Lipinski definition) is 0. The number of carbonyl (C=O) groups is 3. The molecule has 0 bridgehead atoms. The van der Waals surface area contributed by atoms with Crippen LogP contribution in [0.3, 0.4) is 0 Å². The van der Waals surface area contributed by atoms with Crippen LogP contribution in [0, 0.1) is 40.4 Å². The fraction of sp³-hybridized carbons (Fsp3) is 0.788.